The number of halogens is 1. The van der Waals surface area contributed by atoms with Crippen molar-refractivity contribution in [1.82, 2.24) is 10.6 Å². The fourth-order valence-corrected chi connectivity index (χ4v) is 5.69. The standard InChI is InChI=1S/C31H32ClN3O5S/c1-20-14-24(32)17-26(15-20)41(38,39)35-25-12-13-27-23(16-25)6-5-7-28(27)29(36)33-18-21-8-10-22(11-9-21)19-34-30(37)40-31(2,3)4/h5-17,35H,18-19H2,1-4H3,(H,33,36)(H,34,37). The molecule has 0 aliphatic heterocycles. The van der Waals surface area contributed by atoms with E-state index >= 15 is 0 Å². The summed E-state index contributed by atoms with van der Waals surface area (Å²) in [5.74, 6) is -0.256. The first-order valence-electron chi connectivity index (χ1n) is 12.9. The normalized spacial score (nSPS) is 11.6. The van der Waals surface area contributed by atoms with Crippen LogP contribution in [0.15, 0.2) is 83.8 Å². The van der Waals surface area contributed by atoms with Gasteiger partial charge in [-0.3, -0.25) is 9.52 Å². The SMILES string of the molecule is Cc1cc(Cl)cc(S(=O)(=O)Nc2ccc3c(C(=O)NCc4ccc(CNC(=O)OC(C)(C)C)cc4)cccc3c2)c1. The molecule has 3 N–H and O–H groups in total. The van der Waals surface area contributed by atoms with Crippen molar-refractivity contribution >= 4 is 50.1 Å². The van der Waals surface area contributed by atoms with Gasteiger partial charge in [-0.2, -0.15) is 0 Å². The Hall–Kier alpha value is -4.08. The van der Waals surface area contributed by atoms with E-state index in [0.29, 0.717) is 40.1 Å². The van der Waals surface area contributed by atoms with Crippen molar-refractivity contribution in [1.29, 1.82) is 0 Å². The summed E-state index contributed by atoms with van der Waals surface area (Å²) in [5, 5.41) is 7.39. The summed E-state index contributed by atoms with van der Waals surface area (Å²) >= 11 is 6.05. The number of sulfonamides is 1. The van der Waals surface area contributed by atoms with E-state index < -0.39 is 21.7 Å². The van der Waals surface area contributed by atoms with Gasteiger partial charge in [-0.1, -0.05) is 54.1 Å². The summed E-state index contributed by atoms with van der Waals surface area (Å²) in [6.07, 6.45) is -0.482. The molecule has 0 aliphatic rings. The van der Waals surface area contributed by atoms with E-state index in [9.17, 15) is 18.0 Å². The van der Waals surface area contributed by atoms with Crippen LogP contribution >= 0.6 is 11.6 Å². The largest absolute Gasteiger partial charge is 0.444 e. The molecule has 0 unspecified atom stereocenters. The first-order chi connectivity index (χ1) is 19.3. The van der Waals surface area contributed by atoms with Crippen molar-refractivity contribution in [3.63, 3.8) is 0 Å². The van der Waals surface area contributed by atoms with Crippen molar-refractivity contribution in [2.24, 2.45) is 0 Å². The zero-order valence-corrected chi connectivity index (χ0v) is 24.8. The van der Waals surface area contributed by atoms with Crippen LogP contribution in [0.2, 0.25) is 5.02 Å². The van der Waals surface area contributed by atoms with Crippen LogP contribution in [0.5, 0.6) is 0 Å². The molecular weight excluding hydrogens is 562 g/mol. The second kappa shape index (κ2) is 12.2. The monoisotopic (exact) mass is 593 g/mol. The van der Waals surface area contributed by atoms with Gasteiger partial charge in [0.15, 0.2) is 0 Å². The Morgan fingerprint density at radius 1 is 0.854 bits per heavy atom. The van der Waals surface area contributed by atoms with E-state index in [4.69, 9.17) is 16.3 Å². The van der Waals surface area contributed by atoms with Gasteiger partial charge >= 0.3 is 6.09 Å². The lowest BCUT2D eigenvalue weighted by molar-refractivity contribution is 0.0523. The summed E-state index contributed by atoms with van der Waals surface area (Å²) in [4.78, 5) is 25.0. The lowest BCUT2D eigenvalue weighted by Gasteiger charge is -2.19. The molecule has 4 aromatic rings. The average Bonchev–Trinajstić information content (AvgIpc) is 2.89. The predicted octanol–water partition coefficient (Wildman–Crippen LogP) is 6.56. The highest BCUT2D eigenvalue weighted by Crippen LogP contribution is 2.26. The van der Waals surface area contributed by atoms with Crippen molar-refractivity contribution < 1.29 is 22.7 Å². The van der Waals surface area contributed by atoms with Crippen molar-refractivity contribution in [3.05, 3.63) is 106 Å². The quantitative estimate of drug-likeness (QED) is 0.214. The number of aryl methyl sites for hydroxylation is 1. The zero-order valence-electron chi connectivity index (χ0n) is 23.2. The molecule has 2 amide bonds. The van der Waals surface area contributed by atoms with Crippen LogP contribution in [0.3, 0.4) is 0 Å². The third-order valence-corrected chi connectivity index (χ3v) is 7.59. The number of anilines is 1. The number of ether oxygens (including phenoxy) is 1. The highest BCUT2D eigenvalue weighted by molar-refractivity contribution is 7.92. The van der Waals surface area contributed by atoms with Crippen molar-refractivity contribution in [3.8, 4) is 0 Å². The van der Waals surface area contributed by atoms with Gasteiger partial charge < -0.3 is 15.4 Å². The smallest absolute Gasteiger partial charge is 0.407 e. The van der Waals surface area contributed by atoms with E-state index in [2.05, 4.69) is 15.4 Å². The van der Waals surface area contributed by atoms with Gasteiger partial charge in [0.25, 0.3) is 15.9 Å². The fraction of sp³-hybridized carbons (Fsp3) is 0.226. The number of hydrogen-bond donors (Lipinski definition) is 3. The van der Waals surface area contributed by atoms with E-state index in [1.165, 1.54) is 6.07 Å². The summed E-state index contributed by atoms with van der Waals surface area (Å²) in [7, 11) is -3.85. The maximum atomic E-state index is 13.1. The minimum absolute atomic E-state index is 0.0723. The summed E-state index contributed by atoms with van der Waals surface area (Å²) in [5.41, 5.74) is 2.81. The molecule has 214 valence electrons. The lowest BCUT2D eigenvalue weighted by atomic mass is 10.0. The molecule has 8 nitrogen and oxygen atoms in total. The number of carbonyl (C=O) groups excluding carboxylic acids is 2. The Bertz CT molecular complexity index is 1680. The van der Waals surface area contributed by atoms with Crippen LogP contribution in [0, 0.1) is 6.92 Å². The van der Waals surface area contributed by atoms with Crippen LogP contribution in [0.25, 0.3) is 10.8 Å². The number of rotatable bonds is 8. The number of hydrogen-bond acceptors (Lipinski definition) is 5. The molecule has 0 spiro atoms. The highest BCUT2D eigenvalue weighted by atomic mass is 35.5. The fourth-order valence-electron chi connectivity index (χ4n) is 4.16. The second-order valence-corrected chi connectivity index (χ2v) is 12.8. The molecule has 0 radical (unpaired) electrons. The lowest BCUT2D eigenvalue weighted by Crippen LogP contribution is -2.32. The predicted molar refractivity (Wildman–Crippen MR) is 162 cm³/mol. The van der Waals surface area contributed by atoms with Gasteiger partial charge in [0, 0.05) is 29.4 Å². The van der Waals surface area contributed by atoms with Crippen LogP contribution < -0.4 is 15.4 Å². The molecule has 0 aromatic heterocycles. The number of benzene rings is 4. The van der Waals surface area contributed by atoms with E-state index in [1.807, 2.05) is 30.3 Å². The number of nitrogens with one attached hydrogen (secondary N) is 3. The second-order valence-electron chi connectivity index (χ2n) is 10.7. The first-order valence-corrected chi connectivity index (χ1v) is 14.8. The molecule has 41 heavy (non-hydrogen) atoms. The molecule has 0 saturated carbocycles. The Kier molecular flexibility index (Phi) is 8.89. The maximum Gasteiger partial charge on any atom is 0.407 e. The first kappa shape index (κ1) is 29.9. The van der Waals surface area contributed by atoms with Gasteiger partial charge in [0.2, 0.25) is 0 Å². The minimum Gasteiger partial charge on any atom is -0.444 e. The molecule has 10 heteroatoms. The number of amides is 2. The Balaban J connectivity index is 1.40. The molecule has 4 aromatic carbocycles. The molecule has 0 fully saturated rings. The maximum absolute atomic E-state index is 13.1. The zero-order chi connectivity index (χ0) is 29.8. The average molecular weight is 594 g/mol. The van der Waals surface area contributed by atoms with Crippen LogP contribution in [-0.2, 0) is 27.8 Å². The molecule has 0 heterocycles. The number of carbonyl (C=O) groups is 2. The molecule has 4 rings (SSSR count). The minimum atomic E-state index is -3.85. The van der Waals surface area contributed by atoms with Crippen molar-refractivity contribution in [2.45, 2.75) is 51.3 Å². The van der Waals surface area contributed by atoms with Gasteiger partial charge in [0.05, 0.1) is 4.90 Å². The number of fused-ring (bicyclic) bond motifs is 1. The topological polar surface area (TPSA) is 114 Å². The van der Waals surface area contributed by atoms with E-state index in [0.717, 1.165) is 16.7 Å². The van der Waals surface area contributed by atoms with E-state index in [-0.39, 0.29) is 10.8 Å². The van der Waals surface area contributed by atoms with Gasteiger partial charge in [-0.15, -0.1) is 0 Å². The molecule has 0 atom stereocenters. The summed E-state index contributed by atoms with van der Waals surface area (Å²) in [6.45, 7) is 7.83. The molecular formula is C31H32ClN3O5S. The van der Waals surface area contributed by atoms with Gasteiger partial charge in [0.1, 0.15) is 5.60 Å². The van der Waals surface area contributed by atoms with Crippen LogP contribution in [0.4, 0.5) is 10.5 Å². The molecule has 0 bridgehead atoms. The van der Waals surface area contributed by atoms with Gasteiger partial charge in [-0.25, -0.2) is 13.2 Å². The third kappa shape index (κ3) is 8.22. The summed E-state index contributed by atoms with van der Waals surface area (Å²) < 4.78 is 33.7. The summed E-state index contributed by atoms with van der Waals surface area (Å²) in [6, 6.07) is 22.5. The van der Waals surface area contributed by atoms with Crippen LogP contribution in [0.1, 0.15) is 47.8 Å². The van der Waals surface area contributed by atoms with Gasteiger partial charge in [-0.05, 0) is 91.6 Å². The Labute approximate surface area is 245 Å². The Morgan fingerprint density at radius 2 is 1.51 bits per heavy atom. The van der Waals surface area contributed by atoms with E-state index in [1.54, 1.807) is 70.2 Å². The number of alkyl carbamates (subject to hydrolysis) is 1. The van der Waals surface area contributed by atoms with Crippen LogP contribution in [-0.4, -0.2) is 26.0 Å². The molecule has 0 aliphatic carbocycles. The Morgan fingerprint density at radius 3 is 2.15 bits per heavy atom. The highest BCUT2D eigenvalue weighted by Gasteiger charge is 2.17. The van der Waals surface area contributed by atoms with Crippen molar-refractivity contribution in [2.75, 3.05) is 4.72 Å². The molecule has 0 saturated heterocycles. The third-order valence-electron chi connectivity index (χ3n) is 6.01.